The van der Waals surface area contributed by atoms with E-state index in [1.165, 1.54) is 12.8 Å². The Kier molecular flexibility index (Phi) is 6.20. The fraction of sp³-hybridized carbons (Fsp3) is 0.875. The number of nitrogens with one attached hydrogen (secondary N) is 1. The zero-order valence-electron chi connectivity index (χ0n) is 13.6. The molecular formula is C16H28N2O4. The first-order chi connectivity index (χ1) is 10.5. The van der Waals surface area contributed by atoms with E-state index in [0.717, 1.165) is 12.8 Å². The molecule has 1 heterocycles. The smallest absolute Gasteiger partial charge is 0.223 e. The standard InChI is InChI=1S/C16H28N2O4/c1-11(2)22-14-10-18(9-13(14)19)16(21)8-7-15(20)17-12-5-3-4-6-12/h11-14,19H,3-10H2,1-2H3,(H,17,20)/t13-,14-/m1/s1. The molecule has 0 spiro atoms. The molecule has 1 saturated heterocycles. The number of hydrogen-bond acceptors (Lipinski definition) is 4. The van der Waals surface area contributed by atoms with Crippen LogP contribution in [0.5, 0.6) is 0 Å². The van der Waals surface area contributed by atoms with Crippen molar-refractivity contribution in [3.8, 4) is 0 Å². The molecule has 1 aliphatic heterocycles. The van der Waals surface area contributed by atoms with E-state index < -0.39 is 6.10 Å². The third kappa shape index (κ3) is 4.95. The topological polar surface area (TPSA) is 78.9 Å². The minimum absolute atomic E-state index is 0.0203. The molecule has 22 heavy (non-hydrogen) atoms. The summed E-state index contributed by atoms with van der Waals surface area (Å²) in [7, 11) is 0. The Balaban J connectivity index is 1.69. The summed E-state index contributed by atoms with van der Waals surface area (Å²) in [6, 6.07) is 0.292. The SMILES string of the molecule is CC(C)O[C@@H]1CN(C(=O)CCC(=O)NC2CCCC2)C[C@H]1O. The number of hydrogen-bond donors (Lipinski definition) is 2. The summed E-state index contributed by atoms with van der Waals surface area (Å²) in [5.74, 6) is -0.134. The molecule has 2 atom stereocenters. The number of likely N-dealkylation sites (tertiary alicyclic amines) is 1. The monoisotopic (exact) mass is 312 g/mol. The molecule has 1 aliphatic carbocycles. The number of carbonyl (C=O) groups excluding carboxylic acids is 2. The number of ether oxygens (including phenoxy) is 1. The van der Waals surface area contributed by atoms with Crippen LogP contribution in [0.3, 0.4) is 0 Å². The molecule has 2 N–H and O–H groups in total. The summed E-state index contributed by atoms with van der Waals surface area (Å²) in [5.41, 5.74) is 0. The van der Waals surface area contributed by atoms with E-state index in [9.17, 15) is 14.7 Å². The van der Waals surface area contributed by atoms with Crippen molar-refractivity contribution in [3.63, 3.8) is 0 Å². The van der Waals surface area contributed by atoms with Crippen LogP contribution >= 0.6 is 0 Å². The number of rotatable bonds is 6. The number of aliphatic hydroxyl groups is 1. The summed E-state index contributed by atoms with van der Waals surface area (Å²) < 4.78 is 5.59. The van der Waals surface area contributed by atoms with Crippen LogP contribution in [0.4, 0.5) is 0 Å². The van der Waals surface area contributed by atoms with Gasteiger partial charge in [-0.1, -0.05) is 12.8 Å². The molecule has 0 aromatic rings. The second-order valence-corrected chi connectivity index (χ2v) is 6.64. The highest BCUT2D eigenvalue weighted by Crippen LogP contribution is 2.19. The average molecular weight is 312 g/mol. The van der Waals surface area contributed by atoms with Crippen molar-refractivity contribution >= 4 is 11.8 Å². The van der Waals surface area contributed by atoms with Crippen molar-refractivity contribution in [2.24, 2.45) is 0 Å². The van der Waals surface area contributed by atoms with Crippen LogP contribution in [-0.2, 0) is 14.3 Å². The third-order valence-corrected chi connectivity index (χ3v) is 4.32. The molecule has 6 heteroatoms. The van der Waals surface area contributed by atoms with Gasteiger partial charge >= 0.3 is 0 Å². The number of amides is 2. The highest BCUT2D eigenvalue weighted by atomic mass is 16.5. The van der Waals surface area contributed by atoms with E-state index in [1.807, 2.05) is 13.8 Å². The number of β-amino-alcohol motifs (C(OH)–C–C–N with tert-alkyl or cyclic N) is 1. The molecule has 0 aromatic heterocycles. The lowest BCUT2D eigenvalue weighted by molar-refractivity contribution is -0.133. The zero-order chi connectivity index (χ0) is 16.1. The Hall–Kier alpha value is -1.14. The molecule has 1 saturated carbocycles. The molecular weight excluding hydrogens is 284 g/mol. The lowest BCUT2D eigenvalue weighted by Gasteiger charge is -2.18. The van der Waals surface area contributed by atoms with Crippen molar-refractivity contribution in [3.05, 3.63) is 0 Å². The molecule has 2 aliphatic rings. The van der Waals surface area contributed by atoms with E-state index >= 15 is 0 Å². The van der Waals surface area contributed by atoms with Gasteiger partial charge in [0.1, 0.15) is 6.10 Å². The fourth-order valence-corrected chi connectivity index (χ4v) is 3.19. The van der Waals surface area contributed by atoms with Crippen LogP contribution in [0.2, 0.25) is 0 Å². The van der Waals surface area contributed by atoms with Gasteiger partial charge in [-0.25, -0.2) is 0 Å². The second kappa shape index (κ2) is 7.92. The zero-order valence-corrected chi connectivity index (χ0v) is 13.6. The Morgan fingerprint density at radius 1 is 1.23 bits per heavy atom. The lowest BCUT2D eigenvalue weighted by atomic mass is 10.2. The van der Waals surface area contributed by atoms with E-state index in [2.05, 4.69) is 5.32 Å². The normalized spacial score (nSPS) is 25.9. The van der Waals surface area contributed by atoms with Gasteiger partial charge in [-0.05, 0) is 26.7 Å². The Morgan fingerprint density at radius 2 is 1.91 bits per heavy atom. The predicted molar refractivity (Wildman–Crippen MR) is 82.2 cm³/mol. The van der Waals surface area contributed by atoms with Crippen molar-refractivity contribution in [1.82, 2.24) is 10.2 Å². The Bertz CT molecular complexity index is 394. The first-order valence-corrected chi connectivity index (χ1v) is 8.36. The van der Waals surface area contributed by atoms with E-state index in [4.69, 9.17) is 4.74 Å². The highest BCUT2D eigenvalue weighted by molar-refractivity contribution is 5.84. The molecule has 126 valence electrons. The summed E-state index contributed by atoms with van der Waals surface area (Å²) in [6.07, 6.45) is 3.91. The van der Waals surface area contributed by atoms with Gasteiger partial charge in [0.2, 0.25) is 11.8 Å². The maximum Gasteiger partial charge on any atom is 0.223 e. The summed E-state index contributed by atoms with van der Waals surface area (Å²) in [4.78, 5) is 25.6. The summed E-state index contributed by atoms with van der Waals surface area (Å²) >= 11 is 0. The van der Waals surface area contributed by atoms with Crippen LogP contribution in [-0.4, -0.2) is 59.3 Å². The maximum absolute atomic E-state index is 12.1. The quantitative estimate of drug-likeness (QED) is 0.761. The van der Waals surface area contributed by atoms with Gasteiger partial charge < -0.3 is 20.1 Å². The van der Waals surface area contributed by atoms with E-state index in [1.54, 1.807) is 4.90 Å². The van der Waals surface area contributed by atoms with Crippen molar-refractivity contribution in [1.29, 1.82) is 0 Å². The Labute approximate surface area is 132 Å². The van der Waals surface area contributed by atoms with E-state index in [0.29, 0.717) is 19.1 Å². The Morgan fingerprint density at radius 3 is 2.55 bits per heavy atom. The van der Waals surface area contributed by atoms with Gasteiger partial charge in [-0.15, -0.1) is 0 Å². The van der Waals surface area contributed by atoms with Gasteiger partial charge in [0.25, 0.3) is 0 Å². The summed E-state index contributed by atoms with van der Waals surface area (Å²) in [6.45, 7) is 4.51. The predicted octanol–water partition coefficient (Wildman–Crippen LogP) is 0.822. The van der Waals surface area contributed by atoms with Crippen molar-refractivity contribution < 1.29 is 19.4 Å². The van der Waals surface area contributed by atoms with Crippen molar-refractivity contribution in [2.45, 2.75) is 76.7 Å². The van der Waals surface area contributed by atoms with Gasteiger partial charge in [-0.2, -0.15) is 0 Å². The van der Waals surface area contributed by atoms with Gasteiger partial charge in [-0.3, -0.25) is 9.59 Å². The molecule has 0 aromatic carbocycles. The first-order valence-electron chi connectivity index (χ1n) is 8.36. The van der Waals surface area contributed by atoms with Crippen LogP contribution in [0.25, 0.3) is 0 Å². The van der Waals surface area contributed by atoms with Crippen molar-refractivity contribution in [2.75, 3.05) is 13.1 Å². The van der Waals surface area contributed by atoms with Crippen LogP contribution in [0, 0.1) is 0 Å². The molecule has 6 nitrogen and oxygen atoms in total. The number of aliphatic hydroxyl groups excluding tert-OH is 1. The molecule has 2 rings (SSSR count). The highest BCUT2D eigenvalue weighted by Gasteiger charge is 2.35. The van der Waals surface area contributed by atoms with Gasteiger partial charge in [0.15, 0.2) is 0 Å². The average Bonchev–Trinajstić information content (AvgIpc) is 3.06. The molecule has 0 unspecified atom stereocenters. The first kappa shape index (κ1) is 17.2. The summed E-state index contributed by atoms with van der Waals surface area (Å²) in [5, 5.41) is 12.9. The molecule has 2 fully saturated rings. The van der Waals surface area contributed by atoms with E-state index in [-0.39, 0.29) is 36.9 Å². The fourth-order valence-electron chi connectivity index (χ4n) is 3.19. The van der Waals surface area contributed by atoms with Gasteiger partial charge in [0.05, 0.1) is 12.2 Å². The minimum Gasteiger partial charge on any atom is -0.388 e. The van der Waals surface area contributed by atoms with Crippen LogP contribution in [0.15, 0.2) is 0 Å². The number of carbonyl (C=O) groups is 2. The molecule has 0 radical (unpaired) electrons. The third-order valence-electron chi connectivity index (χ3n) is 4.32. The maximum atomic E-state index is 12.1. The van der Waals surface area contributed by atoms with Crippen LogP contribution in [0.1, 0.15) is 52.4 Å². The second-order valence-electron chi connectivity index (χ2n) is 6.64. The van der Waals surface area contributed by atoms with Crippen LogP contribution < -0.4 is 5.32 Å². The van der Waals surface area contributed by atoms with Gasteiger partial charge in [0, 0.05) is 32.0 Å². The molecule has 2 amide bonds. The molecule has 0 bridgehead atoms. The minimum atomic E-state index is -0.640. The lowest BCUT2D eigenvalue weighted by Crippen LogP contribution is -2.35. The number of nitrogens with zero attached hydrogens (tertiary/aromatic N) is 1. The largest absolute Gasteiger partial charge is 0.388 e.